The van der Waals surface area contributed by atoms with Gasteiger partial charge in [-0.15, -0.1) is 0 Å². The van der Waals surface area contributed by atoms with Crippen LogP contribution in [0.2, 0.25) is 0 Å². The van der Waals surface area contributed by atoms with Crippen molar-refractivity contribution in [3.05, 3.63) is 30.1 Å². The highest BCUT2D eigenvalue weighted by Gasteiger charge is 2.05. The first-order valence-electron chi connectivity index (χ1n) is 8.01. The van der Waals surface area contributed by atoms with Crippen molar-refractivity contribution in [2.24, 2.45) is 10.9 Å². The number of nitrogens with zero attached hydrogens (tertiary/aromatic N) is 1. The first-order chi connectivity index (χ1) is 11.0. The van der Waals surface area contributed by atoms with Crippen LogP contribution < -0.4 is 16.0 Å². The fraction of sp³-hybridized carbons (Fsp3) is 0.529. The normalized spacial score (nSPS) is 11.4. The summed E-state index contributed by atoms with van der Waals surface area (Å²) in [6.45, 7) is 5.32. The number of unbranched alkanes of at least 4 members (excludes halogenated alkanes) is 1. The molecule has 128 valence electrons. The molecule has 5 nitrogen and oxygen atoms in total. The molecule has 23 heavy (non-hydrogen) atoms. The predicted octanol–water partition coefficient (Wildman–Crippen LogP) is 2.76. The molecule has 0 unspecified atom stereocenters. The van der Waals surface area contributed by atoms with Crippen LogP contribution in [0.5, 0.6) is 0 Å². The first-order valence-corrected chi connectivity index (χ1v) is 8.01. The van der Waals surface area contributed by atoms with Crippen LogP contribution in [0.25, 0.3) is 0 Å². The van der Waals surface area contributed by atoms with Gasteiger partial charge in [0.15, 0.2) is 5.96 Å². The maximum absolute atomic E-state index is 13.0. The Hall–Kier alpha value is -2.11. The molecule has 0 saturated carbocycles. The molecular weight excluding hydrogens is 295 g/mol. The van der Waals surface area contributed by atoms with Crippen molar-refractivity contribution in [1.29, 1.82) is 0 Å². The van der Waals surface area contributed by atoms with E-state index in [9.17, 15) is 9.18 Å². The topological polar surface area (TPSA) is 65.5 Å². The van der Waals surface area contributed by atoms with E-state index in [1.54, 1.807) is 19.2 Å². The average Bonchev–Trinajstić information content (AvgIpc) is 2.49. The van der Waals surface area contributed by atoms with Crippen LogP contribution in [-0.4, -0.2) is 32.0 Å². The zero-order chi connectivity index (χ0) is 17.1. The number of hydrogen-bond donors (Lipinski definition) is 3. The summed E-state index contributed by atoms with van der Waals surface area (Å²) in [5.74, 6) is 0.677. The van der Waals surface area contributed by atoms with Crippen molar-refractivity contribution < 1.29 is 9.18 Å². The number of nitrogens with one attached hydrogen (secondary N) is 3. The lowest BCUT2D eigenvalue weighted by Gasteiger charge is -2.12. The number of rotatable bonds is 8. The molecule has 0 bridgehead atoms. The quantitative estimate of drug-likeness (QED) is 0.392. The lowest BCUT2D eigenvalue weighted by atomic mass is 10.1. The summed E-state index contributed by atoms with van der Waals surface area (Å²) in [6.07, 6.45) is 3.44. The molecule has 0 aliphatic rings. The van der Waals surface area contributed by atoms with Crippen molar-refractivity contribution in [3.63, 3.8) is 0 Å². The molecule has 0 aliphatic carbocycles. The van der Waals surface area contributed by atoms with Gasteiger partial charge in [0.05, 0.1) is 6.54 Å². The Bertz CT molecular complexity index is 517. The zero-order valence-electron chi connectivity index (χ0n) is 14.2. The van der Waals surface area contributed by atoms with E-state index in [2.05, 4.69) is 34.8 Å². The number of amides is 1. The smallest absolute Gasteiger partial charge is 0.243 e. The lowest BCUT2D eigenvalue weighted by molar-refractivity contribution is -0.115. The Balaban J connectivity index is 2.24. The standard InChI is InChI=1S/C17H27FN4O/c1-13(2)7-4-5-10-20-17(19-3)21-12-16(23)22-15-9-6-8-14(18)11-15/h6,8-9,11,13H,4-5,7,10,12H2,1-3H3,(H,22,23)(H2,19,20,21). The summed E-state index contributed by atoms with van der Waals surface area (Å²) >= 11 is 0. The molecule has 0 aromatic heterocycles. The highest BCUT2D eigenvalue weighted by Crippen LogP contribution is 2.08. The first kappa shape index (κ1) is 18.9. The Labute approximate surface area is 137 Å². The maximum Gasteiger partial charge on any atom is 0.243 e. The van der Waals surface area contributed by atoms with Crippen LogP contribution in [-0.2, 0) is 4.79 Å². The van der Waals surface area contributed by atoms with Crippen molar-refractivity contribution in [3.8, 4) is 0 Å². The van der Waals surface area contributed by atoms with Crippen LogP contribution in [0.4, 0.5) is 10.1 Å². The average molecular weight is 322 g/mol. The van der Waals surface area contributed by atoms with E-state index in [-0.39, 0.29) is 18.3 Å². The molecule has 0 heterocycles. The lowest BCUT2D eigenvalue weighted by Crippen LogP contribution is -2.41. The predicted molar refractivity (Wildman–Crippen MR) is 93.1 cm³/mol. The van der Waals surface area contributed by atoms with E-state index in [0.717, 1.165) is 18.9 Å². The Kier molecular flexibility index (Phi) is 8.72. The van der Waals surface area contributed by atoms with Gasteiger partial charge < -0.3 is 16.0 Å². The Morgan fingerprint density at radius 1 is 1.26 bits per heavy atom. The van der Waals surface area contributed by atoms with Crippen LogP contribution in [0, 0.1) is 11.7 Å². The van der Waals surface area contributed by atoms with Gasteiger partial charge in [-0.1, -0.05) is 32.8 Å². The highest BCUT2D eigenvalue weighted by atomic mass is 19.1. The second-order valence-corrected chi connectivity index (χ2v) is 5.80. The van der Waals surface area contributed by atoms with Gasteiger partial charge in [-0.2, -0.15) is 0 Å². The third kappa shape index (κ3) is 8.80. The largest absolute Gasteiger partial charge is 0.356 e. The second-order valence-electron chi connectivity index (χ2n) is 5.80. The van der Waals surface area contributed by atoms with E-state index in [4.69, 9.17) is 0 Å². The van der Waals surface area contributed by atoms with E-state index in [1.807, 2.05) is 0 Å². The highest BCUT2D eigenvalue weighted by molar-refractivity contribution is 5.94. The van der Waals surface area contributed by atoms with Gasteiger partial charge in [-0.3, -0.25) is 9.79 Å². The number of benzene rings is 1. The van der Waals surface area contributed by atoms with Gasteiger partial charge in [0.25, 0.3) is 0 Å². The van der Waals surface area contributed by atoms with Gasteiger partial charge in [0.1, 0.15) is 5.82 Å². The van der Waals surface area contributed by atoms with Gasteiger partial charge in [0, 0.05) is 19.3 Å². The van der Waals surface area contributed by atoms with Crippen LogP contribution >= 0.6 is 0 Å². The minimum Gasteiger partial charge on any atom is -0.356 e. The van der Waals surface area contributed by atoms with E-state index in [1.165, 1.54) is 25.0 Å². The number of carbonyl (C=O) groups excluding carboxylic acids is 1. The number of halogens is 1. The monoisotopic (exact) mass is 322 g/mol. The minimum absolute atomic E-state index is 0.0716. The van der Waals surface area contributed by atoms with Crippen LogP contribution in [0.1, 0.15) is 33.1 Å². The third-order valence-electron chi connectivity index (χ3n) is 3.25. The SMILES string of the molecule is CN=C(NCCCCC(C)C)NCC(=O)Nc1cccc(F)c1. The summed E-state index contributed by atoms with van der Waals surface area (Å²) in [6, 6.07) is 5.80. The summed E-state index contributed by atoms with van der Waals surface area (Å²) in [5.41, 5.74) is 0.438. The molecule has 0 aliphatic heterocycles. The maximum atomic E-state index is 13.0. The van der Waals surface area contributed by atoms with Gasteiger partial charge in [-0.25, -0.2) is 4.39 Å². The van der Waals surface area contributed by atoms with Gasteiger partial charge >= 0.3 is 0 Å². The van der Waals surface area contributed by atoms with Gasteiger partial charge in [0.2, 0.25) is 5.91 Å². The Morgan fingerprint density at radius 3 is 2.70 bits per heavy atom. The van der Waals surface area contributed by atoms with Crippen molar-refractivity contribution >= 4 is 17.6 Å². The van der Waals surface area contributed by atoms with E-state index >= 15 is 0 Å². The fourth-order valence-electron chi connectivity index (χ4n) is 2.04. The number of hydrogen-bond acceptors (Lipinski definition) is 2. The van der Waals surface area contributed by atoms with E-state index in [0.29, 0.717) is 11.6 Å². The number of guanidine groups is 1. The number of aliphatic imine (C=N–C) groups is 1. The summed E-state index contributed by atoms with van der Waals surface area (Å²) in [5, 5.41) is 8.73. The molecule has 0 radical (unpaired) electrons. The van der Waals surface area contributed by atoms with Crippen LogP contribution in [0.3, 0.4) is 0 Å². The number of carbonyl (C=O) groups is 1. The minimum atomic E-state index is -0.380. The second kappa shape index (κ2) is 10.6. The van der Waals surface area contributed by atoms with Crippen LogP contribution in [0.15, 0.2) is 29.3 Å². The molecule has 1 rings (SSSR count). The van der Waals surface area contributed by atoms with Gasteiger partial charge in [-0.05, 0) is 30.5 Å². The molecule has 6 heteroatoms. The third-order valence-corrected chi connectivity index (χ3v) is 3.25. The fourth-order valence-corrected chi connectivity index (χ4v) is 2.04. The summed E-state index contributed by atoms with van der Waals surface area (Å²) in [7, 11) is 1.66. The molecule has 0 fully saturated rings. The van der Waals surface area contributed by atoms with Crippen molar-refractivity contribution in [2.75, 3.05) is 25.5 Å². The molecule has 1 aromatic carbocycles. The molecule has 1 aromatic rings. The molecule has 3 N–H and O–H groups in total. The zero-order valence-corrected chi connectivity index (χ0v) is 14.2. The molecule has 0 atom stereocenters. The molecular formula is C17H27FN4O. The summed E-state index contributed by atoms with van der Waals surface area (Å²) in [4.78, 5) is 15.9. The summed E-state index contributed by atoms with van der Waals surface area (Å²) < 4.78 is 13.0. The Morgan fingerprint density at radius 2 is 2.04 bits per heavy atom. The van der Waals surface area contributed by atoms with Crippen molar-refractivity contribution in [2.45, 2.75) is 33.1 Å². The molecule has 0 saturated heterocycles. The molecule has 1 amide bonds. The molecule has 0 spiro atoms. The number of anilines is 1. The van der Waals surface area contributed by atoms with E-state index < -0.39 is 0 Å². The van der Waals surface area contributed by atoms with Crippen molar-refractivity contribution in [1.82, 2.24) is 10.6 Å².